The molecule has 5 nitrogen and oxygen atoms in total. The van der Waals surface area contributed by atoms with Crippen LogP contribution in [0.1, 0.15) is 75.7 Å². The minimum Gasteiger partial charge on any atom is -0.378 e. The molecule has 1 aliphatic carbocycles. The number of nitriles is 1. The normalized spacial score (nSPS) is 22.3. The molecule has 3 heterocycles. The molecule has 2 unspecified atom stereocenters. The zero-order valence-corrected chi connectivity index (χ0v) is 20.6. The van der Waals surface area contributed by atoms with Gasteiger partial charge in [-0.15, -0.1) is 0 Å². The van der Waals surface area contributed by atoms with Crippen LogP contribution < -0.4 is 0 Å². The number of hydrogen-bond donors (Lipinski definition) is 0. The fourth-order valence-corrected chi connectivity index (χ4v) is 5.49. The number of fused-ring (bicyclic) bond motifs is 3. The monoisotopic (exact) mass is 478 g/mol. The Balaban J connectivity index is 0.00000259. The zero-order valence-electron chi connectivity index (χ0n) is 19.4. The Labute approximate surface area is 208 Å². The van der Waals surface area contributed by atoms with Gasteiger partial charge in [-0.2, -0.15) is 18.1 Å². The van der Waals surface area contributed by atoms with Crippen LogP contribution in [0.4, 0.5) is 0 Å². The van der Waals surface area contributed by atoms with Crippen LogP contribution in [-0.4, -0.2) is 34.5 Å². The Kier molecular flexibility index (Phi) is 8.13. The van der Waals surface area contributed by atoms with Crippen molar-refractivity contribution in [2.75, 3.05) is 6.61 Å². The van der Waals surface area contributed by atoms with Gasteiger partial charge >= 0.3 is 0 Å². The van der Waals surface area contributed by atoms with Crippen LogP contribution in [0.2, 0.25) is 5.82 Å². The summed E-state index contributed by atoms with van der Waals surface area (Å²) >= 11 is 0. The van der Waals surface area contributed by atoms with Gasteiger partial charge in [0, 0.05) is 35.4 Å². The Bertz CT molecular complexity index is 1130. The van der Waals surface area contributed by atoms with E-state index in [1.165, 1.54) is 38.5 Å². The predicted molar refractivity (Wildman–Crippen MR) is 129 cm³/mol. The van der Waals surface area contributed by atoms with Crippen molar-refractivity contribution < 1.29 is 22.1 Å². The van der Waals surface area contributed by atoms with E-state index in [1.807, 2.05) is 24.4 Å². The number of rotatable bonds is 4. The van der Waals surface area contributed by atoms with E-state index >= 15 is 0 Å². The van der Waals surface area contributed by atoms with E-state index in [-0.39, 0.29) is 23.5 Å². The summed E-state index contributed by atoms with van der Waals surface area (Å²) in [4.78, 5) is 9.73. The number of aromatic nitrogens is 3. The molecule has 0 amide bonds. The van der Waals surface area contributed by atoms with Gasteiger partial charge in [-0.05, 0) is 44.3 Å². The number of hydrogen-bond acceptors (Lipinski definition) is 4. The molecule has 1 saturated carbocycles. The molecular weight excluding hydrogens is 447 g/mol. The quantitative estimate of drug-likeness (QED) is 0.354. The van der Waals surface area contributed by atoms with E-state index in [9.17, 15) is 5.26 Å². The van der Waals surface area contributed by atoms with Crippen molar-refractivity contribution in [2.45, 2.75) is 82.6 Å². The maximum absolute atomic E-state index is 9.48. The number of ether oxygens (including phenoxy) is 1. The summed E-state index contributed by atoms with van der Waals surface area (Å²) in [5.74, 6) is 1.80. The van der Waals surface area contributed by atoms with Gasteiger partial charge in [-0.25, -0.2) is 4.98 Å². The van der Waals surface area contributed by atoms with Gasteiger partial charge in [0.15, 0.2) is 0 Å². The van der Waals surface area contributed by atoms with Crippen LogP contribution >= 0.6 is 0 Å². The first-order valence-corrected chi connectivity index (χ1v) is 12.2. The van der Waals surface area contributed by atoms with Crippen molar-refractivity contribution >= 4 is 29.2 Å². The fraction of sp³-hybridized carbons (Fsp3) is 0.538. The summed E-state index contributed by atoms with van der Waals surface area (Å²) in [5.41, 5.74) is 3.65. The van der Waals surface area contributed by atoms with Gasteiger partial charge in [0.2, 0.25) is 0 Å². The first-order valence-electron chi connectivity index (χ1n) is 12.2. The molecule has 0 bridgehead atoms. The average Bonchev–Trinajstić information content (AvgIpc) is 3.17. The average molecular weight is 478 g/mol. The molecule has 3 aromatic rings. The van der Waals surface area contributed by atoms with E-state index in [4.69, 9.17) is 9.72 Å². The maximum atomic E-state index is 9.48. The summed E-state index contributed by atoms with van der Waals surface area (Å²) in [7, 11) is 2.52. The molecule has 2 fully saturated rings. The van der Waals surface area contributed by atoms with Crippen LogP contribution in [0.5, 0.6) is 0 Å². The van der Waals surface area contributed by atoms with Crippen molar-refractivity contribution in [3.8, 4) is 6.07 Å². The molecule has 1 saturated heterocycles. The summed E-state index contributed by atoms with van der Waals surface area (Å²) in [6.07, 6.45) is 15.1. The van der Waals surface area contributed by atoms with Crippen molar-refractivity contribution in [2.24, 2.45) is 0 Å². The molecule has 1 aromatic carbocycles. The molecule has 1 aliphatic heterocycles. The number of benzene rings is 1. The molecular formula is C26H31BCrN4O-. The molecule has 2 atom stereocenters. The van der Waals surface area contributed by atoms with Crippen LogP contribution in [0.15, 0.2) is 24.4 Å². The molecule has 7 heteroatoms. The van der Waals surface area contributed by atoms with Crippen molar-refractivity contribution in [3.05, 3.63) is 42.2 Å². The largest absolute Gasteiger partial charge is 0.378 e. The van der Waals surface area contributed by atoms with Crippen LogP contribution in [0, 0.1) is 17.8 Å². The van der Waals surface area contributed by atoms with Crippen molar-refractivity contribution in [1.29, 1.82) is 5.26 Å². The molecule has 2 aliphatic rings. The smallest absolute Gasteiger partial charge is 0.123 e. The second kappa shape index (κ2) is 11.0. The third-order valence-electron chi connectivity index (χ3n) is 7.14. The molecule has 0 spiro atoms. The SMILES string of the molecule is CC1CC(n2c(C[B]C3CCC[CH-]CCC3)nc3cnc4ccc(C#N)cc4c32)CCO1.[Cr]. The molecule has 5 rings (SSSR count). The minimum atomic E-state index is 0. The molecule has 1 radical (unpaired) electrons. The fourth-order valence-electron chi connectivity index (χ4n) is 5.49. The zero-order chi connectivity index (χ0) is 21.9. The Morgan fingerprint density at radius 3 is 2.79 bits per heavy atom. The summed E-state index contributed by atoms with van der Waals surface area (Å²) < 4.78 is 8.33. The van der Waals surface area contributed by atoms with Crippen LogP contribution in [0.25, 0.3) is 21.9 Å². The Hall–Kier alpha value is -1.85. The first kappa shape index (κ1) is 24.3. The van der Waals surface area contributed by atoms with E-state index in [2.05, 4.69) is 36.2 Å². The minimum absolute atomic E-state index is 0. The number of nitrogens with zero attached hydrogens (tertiary/aromatic N) is 4. The second-order valence-electron chi connectivity index (χ2n) is 9.44. The molecule has 33 heavy (non-hydrogen) atoms. The number of pyridine rings is 1. The Morgan fingerprint density at radius 2 is 2.03 bits per heavy atom. The van der Waals surface area contributed by atoms with Gasteiger partial charge < -0.3 is 15.7 Å². The van der Waals surface area contributed by atoms with E-state index in [0.717, 1.165) is 53.5 Å². The molecule has 171 valence electrons. The van der Waals surface area contributed by atoms with Gasteiger partial charge in [-0.1, -0.05) is 31.5 Å². The third-order valence-corrected chi connectivity index (χ3v) is 7.14. The predicted octanol–water partition coefficient (Wildman–Crippen LogP) is 5.74. The van der Waals surface area contributed by atoms with Gasteiger partial charge in [-0.3, -0.25) is 4.98 Å². The van der Waals surface area contributed by atoms with E-state index in [1.54, 1.807) is 0 Å². The first-order chi connectivity index (χ1) is 15.7. The number of imidazole rings is 1. The van der Waals surface area contributed by atoms with Crippen LogP contribution in [0.3, 0.4) is 0 Å². The van der Waals surface area contributed by atoms with Gasteiger partial charge in [0.05, 0.1) is 35.0 Å². The van der Waals surface area contributed by atoms with Gasteiger partial charge in [0.25, 0.3) is 0 Å². The van der Waals surface area contributed by atoms with Crippen LogP contribution in [-0.2, 0) is 28.4 Å². The molecule has 2 aromatic heterocycles. The Morgan fingerprint density at radius 1 is 1.21 bits per heavy atom. The second-order valence-corrected chi connectivity index (χ2v) is 9.44. The summed E-state index contributed by atoms with van der Waals surface area (Å²) in [6.45, 7) is 2.94. The van der Waals surface area contributed by atoms with E-state index in [0.29, 0.717) is 17.4 Å². The van der Waals surface area contributed by atoms with Crippen molar-refractivity contribution in [3.63, 3.8) is 0 Å². The molecule has 0 N–H and O–H groups in total. The topological polar surface area (TPSA) is 63.7 Å². The summed E-state index contributed by atoms with van der Waals surface area (Å²) in [5, 5.41) is 10.5. The van der Waals surface area contributed by atoms with Gasteiger partial charge in [0.1, 0.15) is 18.6 Å². The third kappa shape index (κ3) is 5.30. The maximum Gasteiger partial charge on any atom is 0.123 e. The van der Waals surface area contributed by atoms with Crippen molar-refractivity contribution in [1.82, 2.24) is 14.5 Å². The van der Waals surface area contributed by atoms with E-state index < -0.39 is 0 Å². The standard InChI is InChI=1S/C26H31BN4O.Cr/c1-18-13-21(11-12-32-18)31-25(15-27-20-7-5-3-2-4-6-8-20)30-24-17-29-23-10-9-19(16-28)14-22(23)26(24)31;/h2,9-10,14,17-18,20-21H,3-8,11-13,15H2,1H3;/q-1;. The summed E-state index contributed by atoms with van der Waals surface area (Å²) in [6, 6.07) is 8.42.